The molecule has 150 valence electrons. The highest BCUT2D eigenvalue weighted by Crippen LogP contribution is 2.40. The highest BCUT2D eigenvalue weighted by atomic mass is 79.9. The monoisotopic (exact) mass is 493 g/mol. The normalized spacial score (nSPS) is 10.5. The number of rotatable bonds is 6. The average Bonchev–Trinajstić information content (AvgIpc) is 3.03. The van der Waals surface area contributed by atoms with Crippen LogP contribution in [0.25, 0.3) is 11.1 Å². The SMILES string of the molecule is COC(=O)c1c(NC(=O)COc2ccc(Cl)cc2)sc(C)c1-c1ccc(Br)cc1. The van der Waals surface area contributed by atoms with Crippen LogP contribution in [0.5, 0.6) is 5.75 Å². The van der Waals surface area contributed by atoms with Gasteiger partial charge in [-0.1, -0.05) is 39.7 Å². The summed E-state index contributed by atoms with van der Waals surface area (Å²) >= 11 is 10.6. The van der Waals surface area contributed by atoms with Gasteiger partial charge in [0.15, 0.2) is 6.61 Å². The molecule has 0 radical (unpaired) electrons. The van der Waals surface area contributed by atoms with E-state index in [0.29, 0.717) is 21.3 Å². The van der Waals surface area contributed by atoms with E-state index in [2.05, 4.69) is 21.2 Å². The number of carbonyl (C=O) groups excluding carboxylic acids is 2. The van der Waals surface area contributed by atoms with Crippen LogP contribution in [0.15, 0.2) is 53.0 Å². The molecular weight excluding hydrogens is 478 g/mol. The Bertz CT molecular complexity index is 1030. The number of hydrogen-bond donors (Lipinski definition) is 1. The lowest BCUT2D eigenvalue weighted by Gasteiger charge is -2.09. The lowest BCUT2D eigenvalue weighted by atomic mass is 10.0. The molecule has 0 spiro atoms. The third-order valence-electron chi connectivity index (χ3n) is 4.04. The van der Waals surface area contributed by atoms with Gasteiger partial charge < -0.3 is 14.8 Å². The molecule has 5 nitrogen and oxygen atoms in total. The summed E-state index contributed by atoms with van der Waals surface area (Å²) in [7, 11) is 1.32. The molecule has 3 rings (SSSR count). The fraction of sp³-hybridized carbons (Fsp3) is 0.143. The maximum absolute atomic E-state index is 12.5. The highest BCUT2D eigenvalue weighted by Gasteiger charge is 2.25. The van der Waals surface area contributed by atoms with Crippen molar-refractivity contribution in [2.45, 2.75) is 6.92 Å². The largest absolute Gasteiger partial charge is 0.484 e. The van der Waals surface area contributed by atoms with Gasteiger partial charge in [-0.2, -0.15) is 0 Å². The van der Waals surface area contributed by atoms with Gasteiger partial charge in [0.05, 0.1) is 7.11 Å². The topological polar surface area (TPSA) is 64.6 Å². The summed E-state index contributed by atoms with van der Waals surface area (Å²) in [6.45, 7) is 1.70. The van der Waals surface area contributed by atoms with Crippen molar-refractivity contribution >= 4 is 55.7 Å². The quantitative estimate of drug-likeness (QED) is 0.431. The van der Waals surface area contributed by atoms with Gasteiger partial charge in [0.2, 0.25) is 0 Å². The molecule has 0 aliphatic heterocycles. The molecule has 1 N–H and O–H groups in total. The highest BCUT2D eigenvalue weighted by molar-refractivity contribution is 9.10. The van der Waals surface area contributed by atoms with E-state index in [1.165, 1.54) is 18.4 Å². The maximum atomic E-state index is 12.5. The Morgan fingerprint density at radius 2 is 1.76 bits per heavy atom. The standard InChI is InChI=1S/C21H17BrClNO4S/c1-12-18(13-3-5-14(22)6-4-13)19(21(26)27-2)20(29-12)24-17(25)11-28-16-9-7-15(23)8-10-16/h3-10H,11H2,1-2H3,(H,24,25). The first-order valence-electron chi connectivity index (χ1n) is 8.55. The van der Waals surface area contributed by atoms with Crippen LogP contribution in [0, 0.1) is 6.92 Å². The van der Waals surface area contributed by atoms with Crippen LogP contribution >= 0.6 is 38.9 Å². The second-order valence-electron chi connectivity index (χ2n) is 6.03. The summed E-state index contributed by atoms with van der Waals surface area (Å²) < 4.78 is 11.4. The molecule has 8 heteroatoms. The van der Waals surface area contributed by atoms with E-state index in [4.69, 9.17) is 21.1 Å². The van der Waals surface area contributed by atoms with Crippen molar-refractivity contribution in [3.63, 3.8) is 0 Å². The van der Waals surface area contributed by atoms with Crippen molar-refractivity contribution in [2.75, 3.05) is 19.0 Å². The molecule has 29 heavy (non-hydrogen) atoms. The minimum Gasteiger partial charge on any atom is -0.484 e. The molecule has 0 saturated heterocycles. The third kappa shape index (κ3) is 5.18. The number of ether oxygens (including phenoxy) is 2. The van der Waals surface area contributed by atoms with Gasteiger partial charge in [-0.15, -0.1) is 11.3 Å². The van der Waals surface area contributed by atoms with E-state index in [1.807, 2.05) is 31.2 Å². The smallest absolute Gasteiger partial charge is 0.341 e. The van der Waals surface area contributed by atoms with Gasteiger partial charge >= 0.3 is 5.97 Å². The zero-order valence-electron chi connectivity index (χ0n) is 15.6. The Hall–Kier alpha value is -2.35. The first kappa shape index (κ1) is 21.4. The molecular formula is C21H17BrClNO4S. The predicted octanol–water partition coefficient (Wildman–Crippen LogP) is 5.94. The van der Waals surface area contributed by atoms with Crippen molar-refractivity contribution in [3.8, 4) is 16.9 Å². The Morgan fingerprint density at radius 1 is 1.10 bits per heavy atom. The molecule has 1 aromatic heterocycles. The maximum Gasteiger partial charge on any atom is 0.341 e. The van der Waals surface area contributed by atoms with Crippen LogP contribution in [0.1, 0.15) is 15.2 Å². The van der Waals surface area contributed by atoms with Crippen molar-refractivity contribution in [1.29, 1.82) is 0 Å². The Morgan fingerprint density at radius 3 is 2.38 bits per heavy atom. The first-order valence-corrected chi connectivity index (χ1v) is 10.5. The number of methoxy groups -OCH3 is 1. The number of benzene rings is 2. The summed E-state index contributed by atoms with van der Waals surface area (Å²) in [6.07, 6.45) is 0. The minimum absolute atomic E-state index is 0.202. The Labute approximate surface area is 185 Å². The summed E-state index contributed by atoms with van der Waals surface area (Å²) in [5, 5.41) is 3.78. The van der Waals surface area contributed by atoms with Crippen LogP contribution in [0.3, 0.4) is 0 Å². The number of halogens is 2. The molecule has 1 heterocycles. The van der Waals surface area contributed by atoms with Crippen molar-refractivity contribution in [2.24, 2.45) is 0 Å². The van der Waals surface area contributed by atoms with E-state index in [-0.39, 0.29) is 12.5 Å². The molecule has 0 saturated carbocycles. The van der Waals surface area contributed by atoms with E-state index in [1.54, 1.807) is 24.3 Å². The van der Waals surface area contributed by atoms with Crippen LogP contribution in [-0.4, -0.2) is 25.6 Å². The number of thiophene rings is 1. The molecule has 0 aliphatic rings. The number of anilines is 1. The summed E-state index contributed by atoms with van der Waals surface area (Å²) in [5.74, 6) is -0.370. The fourth-order valence-electron chi connectivity index (χ4n) is 2.74. The number of nitrogens with one attached hydrogen (secondary N) is 1. The number of esters is 1. The summed E-state index contributed by atoms with van der Waals surface area (Å²) in [6, 6.07) is 14.3. The zero-order valence-corrected chi connectivity index (χ0v) is 18.8. The van der Waals surface area contributed by atoms with E-state index in [9.17, 15) is 9.59 Å². The van der Waals surface area contributed by atoms with Crippen molar-refractivity contribution in [1.82, 2.24) is 0 Å². The third-order valence-corrected chi connectivity index (χ3v) is 5.84. The number of amides is 1. The van der Waals surface area contributed by atoms with E-state index in [0.717, 1.165) is 20.5 Å². The van der Waals surface area contributed by atoms with Crippen molar-refractivity contribution < 1.29 is 19.1 Å². The molecule has 0 fully saturated rings. The number of aryl methyl sites for hydroxylation is 1. The summed E-state index contributed by atoms with van der Waals surface area (Å²) in [4.78, 5) is 25.8. The van der Waals surface area contributed by atoms with Gasteiger partial charge in [0.25, 0.3) is 5.91 Å². The first-order chi connectivity index (χ1) is 13.9. The lowest BCUT2D eigenvalue weighted by Crippen LogP contribution is -2.21. The van der Waals surface area contributed by atoms with Crippen LogP contribution in [0.2, 0.25) is 5.02 Å². The molecule has 3 aromatic rings. The predicted molar refractivity (Wildman–Crippen MR) is 119 cm³/mol. The lowest BCUT2D eigenvalue weighted by molar-refractivity contribution is -0.118. The molecule has 0 aliphatic carbocycles. The van der Waals surface area contributed by atoms with Gasteiger partial charge in [-0.3, -0.25) is 4.79 Å². The van der Waals surface area contributed by atoms with E-state index >= 15 is 0 Å². The van der Waals surface area contributed by atoms with Gasteiger partial charge in [-0.25, -0.2) is 4.79 Å². The minimum atomic E-state index is -0.513. The van der Waals surface area contributed by atoms with Gasteiger partial charge in [0.1, 0.15) is 16.3 Å². The molecule has 0 atom stereocenters. The Kier molecular flexibility index (Phi) is 6.95. The van der Waals surface area contributed by atoms with Crippen LogP contribution in [-0.2, 0) is 9.53 Å². The van der Waals surface area contributed by atoms with Crippen LogP contribution < -0.4 is 10.1 Å². The average molecular weight is 495 g/mol. The molecule has 2 aromatic carbocycles. The van der Waals surface area contributed by atoms with Crippen molar-refractivity contribution in [3.05, 3.63) is 68.5 Å². The molecule has 0 unspecified atom stereocenters. The molecule has 1 amide bonds. The number of carbonyl (C=O) groups is 2. The second kappa shape index (κ2) is 9.43. The second-order valence-corrected chi connectivity index (χ2v) is 8.60. The molecule has 0 bridgehead atoms. The van der Waals surface area contributed by atoms with Gasteiger partial charge in [-0.05, 0) is 48.9 Å². The fourth-order valence-corrected chi connectivity index (χ4v) is 4.21. The summed E-state index contributed by atoms with van der Waals surface area (Å²) in [5.41, 5.74) is 1.93. The van der Waals surface area contributed by atoms with E-state index < -0.39 is 5.97 Å². The van der Waals surface area contributed by atoms with Crippen LogP contribution in [0.4, 0.5) is 5.00 Å². The van der Waals surface area contributed by atoms with Gasteiger partial charge in [0, 0.05) is 19.9 Å². The Balaban J connectivity index is 1.83. The zero-order chi connectivity index (χ0) is 21.0. The number of hydrogen-bond acceptors (Lipinski definition) is 5.